The molecule has 0 spiro atoms. The van der Waals surface area contributed by atoms with Gasteiger partial charge in [-0.05, 0) is 38.5 Å². The van der Waals surface area contributed by atoms with E-state index in [1.165, 1.54) is 141 Å². The zero-order valence-electron chi connectivity index (χ0n) is 33.1. The van der Waals surface area contributed by atoms with Gasteiger partial charge in [-0.2, -0.15) is 0 Å². The van der Waals surface area contributed by atoms with Crippen molar-refractivity contribution in [3.05, 3.63) is 12.2 Å². The Morgan fingerprint density at radius 3 is 1.47 bits per heavy atom. The molecule has 0 aliphatic carbocycles. The van der Waals surface area contributed by atoms with Gasteiger partial charge in [-0.15, -0.1) is 0 Å². The third kappa shape index (κ3) is 39.8. The summed E-state index contributed by atoms with van der Waals surface area (Å²) in [4.78, 5) is 33.8. The van der Waals surface area contributed by atoms with E-state index in [0.29, 0.717) is 6.42 Å². The Hall–Kier alpha value is -1.25. The Kier molecular flexibility index (Phi) is 37.5. The molecule has 1 amide bonds. The molecule has 10 heteroatoms. The molecule has 2 atom stereocenters. The van der Waals surface area contributed by atoms with Gasteiger partial charge in [0.1, 0.15) is 12.7 Å². The molecule has 0 bridgehead atoms. The molecule has 0 saturated carbocycles. The number of phosphoric ester groups is 1. The Labute approximate surface area is 313 Å². The van der Waals surface area contributed by atoms with E-state index in [0.717, 1.165) is 38.5 Å². The molecule has 0 aromatic heterocycles. The number of aliphatic hydroxyl groups excluding tert-OH is 1. The van der Waals surface area contributed by atoms with Gasteiger partial charge in [-0.25, -0.2) is 4.57 Å². The predicted octanol–water partition coefficient (Wildman–Crippen LogP) is 11.4. The van der Waals surface area contributed by atoms with E-state index in [1.54, 1.807) is 0 Å². The Morgan fingerprint density at radius 1 is 0.588 bits per heavy atom. The fourth-order valence-electron chi connectivity index (χ4n) is 5.96. The van der Waals surface area contributed by atoms with Crippen LogP contribution in [-0.4, -0.2) is 54.3 Å². The molecular weight excluding hydrogens is 665 g/mol. The van der Waals surface area contributed by atoms with Gasteiger partial charge in [-0.1, -0.05) is 167 Å². The summed E-state index contributed by atoms with van der Waals surface area (Å²) in [6.07, 6.45) is 38.5. The molecule has 0 radical (unpaired) electrons. The smallest absolute Gasteiger partial charge is 0.463 e. The van der Waals surface area contributed by atoms with Crippen molar-refractivity contribution in [2.45, 2.75) is 213 Å². The maximum Gasteiger partial charge on any atom is 0.472 e. The monoisotopic (exact) mass is 746 g/mol. The van der Waals surface area contributed by atoms with Crippen LogP contribution in [0, 0.1) is 0 Å². The van der Waals surface area contributed by atoms with Crippen LogP contribution in [0.2, 0.25) is 0 Å². The van der Waals surface area contributed by atoms with Crippen molar-refractivity contribution in [3.8, 4) is 0 Å². The summed E-state index contributed by atoms with van der Waals surface area (Å²) in [6.45, 7) is 3.56. The third-order valence-corrected chi connectivity index (χ3v) is 10.2. The van der Waals surface area contributed by atoms with Gasteiger partial charge < -0.3 is 20.1 Å². The minimum absolute atomic E-state index is 0.0857. The van der Waals surface area contributed by atoms with Gasteiger partial charge in [0.05, 0.1) is 13.2 Å². The number of aliphatic hydroxyl groups is 1. The highest BCUT2D eigenvalue weighted by molar-refractivity contribution is 7.47. The van der Waals surface area contributed by atoms with E-state index in [9.17, 15) is 24.2 Å². The number of carbonyl (C=O) groups excluding carboxylic acids is 2. The van der Waals surface area contributed by atoms with Crippen molar-refractivity contribution in [1.29, 1.82) is 0 Å². The number of rotatable bonds is 40. The number of esters is 1. The van der Waals surface area contributed by atoms with Gasteiger partial charge in [0, 0.05) is 19.4 Å². The molecule has 0 heterocycles. The second-order valence-electron chi connectivity index (χ2n) is 14.3. The van der Waals surface area contributed by atoms with Gasteiger partial charge in [0.15, 0.2) is 0 Å². The van der Waals surface area contributed by atoms with E-state index in [4.69, 9.17) is 13.8 Å². The van der Waals surface area contributed by atoms with E-state index < -0.39 is 26.5 Å². The molecule has 9 nitrogen and oxygen atoms in total. The molecule has 2 unspecified atom stereocenters. The molecule has 0 fully saturated rings. The molecule has 0 aromatic carbocycles. The number of allylic oxidation sites excluding steroid dienone is 2. The van der Waals surface area contributed by atoms with Gasteiger partial charge in [-0.3, -0.25) is 18.6 Å². The highest BCUT2D eigenvalue weighted by Gasteiger charge is 2.23. The largest absolute Gasteiger partial charge is 0.472 e. The van der Waals surface area contributed by atoms with Crippen molar-refractivity contribution in [2.24, 2.45) is 0 Å². The van der Waals surface area contributed by atoms with Crippen molar-refractivity contribution in [3.63, 3.8) is 0 Å². The van der Waals surface area contributed by atoms with Crippen molar-refractivity contribution in [2.75, 3.05) is 26.4 Å². The summed E-state index contributed by atoms with van der Waals surface area (Å²) in [6, 6.07) is 0. The lowest BCUT2D eigenvalue weighted by atomic mass is 10.1. The van der Waals surface area contributed by atoms with Crippen LogP contribution in [0.1, 0.15) is 206 Å². The first kappa shape index (κ1) is 49.8. The number of amides is 1. The standard InChI is InChI=1S/C41H80NO8P/c1-3-5-7-9-11-13-15-16-17-18-19-20-21-22-24-26-28-30-32-34-41(45)48-37-39(43)38-50-51(46,47)49-36-35-42-40(44)33-31-29-27-25-23-14-12-10-8-6-4-2/h16-17,39,43H,3-15,18-38H2,1-2H3,(H,42,44)(H,46,47)/b17-16+. The van der Waals surface area contributed by atoms with Crippen molar-refractivity contribution >= 4 is 19.7 Å². The first-order valence-corrected chi connectivity index (χ1v) is 22.7. The van der Waals surface area contributed by atoms with E-state index >= 15 is 0 Å². The summed E-state index contributed by atoms with van der Waals surface area (Å²) in [5, 5.41) is 12.7. The fraction of sp³-hybridized carbons (Fsp3) is 0.902. The molecule has 0 saturated heterocycles. The average molecular weight is 746 g/mol. The Bertz CT molecular complexity index is 856. The van der Waals surface area contributed by atoms with Crippen molar-refractivity contribution in [1.82, 2.24) is 5.32 Å². The average Bonchev–Trinajstić information content (AvgIpc) is 3.11. The molecule has 0 aromatic rings. The van der Waals surface area contributed by atoms with Gasteiger partial charge >= 0.3 is 13.8 Å². The van der Waals surface area contributed by atoms with Crippen LogP contribution >= 0.6 is 7.82 Å². The number of ether oxygens (including phenoxy) is 1. The quantitative estimate of drug-likeness (QED) is 0.0244. The molecule has 302 valence electrons. The third-order valence-electron chi connectivity index (χ3n) is 9.20. The van der Waals surface area contributed by atoms with Crippen LogP contribution in [0.4, 0.5) is 0 Å². The number of hydrogen-bond acceptors (Lipinski definition) is 7. The summed E-state index contributed by atoms with van der Waals surface area (Å²) >= 11 is 0. The SMILES string of the molecule is CCCCCCCC/C=C/CCCCCCCCCCCC(=O)OCC(O)COP(=O)(O)OCCNC(=O)CCCCCCCCCCCCC. The predicted molar refractivity (Wildman–Crippen MR) is 211 cm³/mol. The maximum absolute atomic E-state index is 12.1. The van der Waals surface area contributed by atoms with Gasteiger partial charge in [0.2, 0.25) is 5.91 Å². The zero-order valence-corrected chi connectivity index (χ0v) is 34.0. The highest BCUT2D eigenvalue weighted by atomic mass is 31.2. The summed E-state index contributed by atoms with van der Waals surface area (Å²) < 4.78 is 26.8. The molecule has 0 aliphatic heterocycles. The van der Waals surface area contributed by atoms with Crippen LogP contribution in [0.15, 0.2) is 12.2 Å². The number of hydrogen-bond donors (Lipinski definition) is 3. The van der Waals surface area contributed by atoms with E-state index in [-0.39, 0.29) is 32.1 Å². The minimum Gasteiger partial charge on any atom is -0.463 e. The summed E-state index contributed by atoms with van der Waals surface area (Å²) in [5.74, 6) is -0.513. The van der Waals surface area contributed by atoms with Crippen molar-refractivity contribution < 1.29 is 37.9 Å². The number of nitrogens with one attached hydrogen (secondary N) is 1. The maximum atomic E-state index is 12.1. The molecule has 51 heavy (non-hydrogen) atoms. The van der Waals surface area contributed by atoms with Gasteiger partial charge in [0.25, 0.3) is 0 Å². The molecule has 0 aliphatic rings. The number of carbonyl (C=O) groups is 2. The Balaban J connectivity index is 3.57. The highest BCUT2D eigenvalue weighted by Crippen LogP contribution is 2.42. The second-order valence-corrected chi connectivity index (χ2v) is 15.8. The molecule has 3 N–H and O–H groups in total. The van der Waals surface area contributed by atoms with E-state index in [2.05, 4.69) is 31.3 Å². The molecular formula is C41H80NO8P. The second kappa shape index (κ2) is 38.5. The lowest BCUT2D eigenvalue weighted by Crippen LogP contribution is -2.27. The summed E-state index contributed by atoms with van der Waals surface area (Å²) in [7, 11) is -4.41. The van der Waals surface area contributed by atoms with Crippen LogP contribution in [0.25, 0.3) is 0 Å². The first-order valence-electron chi connectivity index (χ1n) is 21.2. The van der Waals surface area contributed by atoms with Crippen LogP contribution < -0.4 is 5.32 Å². The number of phosphoric acid groups is 1. The first-order chi connectivity index (χ1) is 24.8. The van der Waals surface area contributed by atoms with Crippen LogP contribution in [-0.2, 0) is 27.9 Å². The topological polar surface area (TPSA) is 131 Å². The van der Waals surface area contributed by atoms with E-state index in [1.807, 2.05) is 0 Å². The lowest BCUT2D eigenvalue weighted by molar-refractivity contribution is -0.147. The Morgan fingerprint density at radius 2 is 1.00 bits per heavy atom. The van der Waals surface area contributed by atoms with Crippen LogP contribution in [0.5, 0.6) is 0 Å². The normalized spacial score (nSPS) is 13.4. The van der Waals surface area contributed by atoms with Crippen LogP contribution in [0.3, 0.4) is 0 Å². The zero-order chi connectivity index (χ0) is 37.5. The lowest BCUT2D eigenvalue weighted by Gasteiger charge is -2.15. The molecule has 0 rings (SSSR count). The minimum atomic E-state index is -4.41. The number of unbranched alkanes of at least 4 members (excludes halogenated alkanes) is 25. The fourth-order valence-corrected chi connectivity index (χ4v) is 6.72. The summed E-state index contributed by atoms with van der Waals surface area (Å²) in [5.41, 5.74) is 0.